The highest BCUT2D eigenvalue weighted by Crippen LogP contribution is 2.07. The molecule has 0 aliphatic heterocycles. The Labute approximate surface area is 89.9 Å². The van der Waals surface area contributed by atoms with Crippen LogP contribution in [0.2, 0.25) is 0 Å². The zero-order chi connectivity index (χ0) is 11.9. The van der Waals surface area contributed by atoms with Gasteiger partial charge in [0.05, 0.1) is 0 Å². The van der Waals surface area contributed by atoms with Gasteiger partial charge in [-0.1, -0.05) is 0 Å². The minimum Gasteiger partial charge on any atom is -0.442 e. The number of ether oxygens (including phenoxy) is 1. The standard InChI is InChI=1S/C10H18N2O3/c1-8(11-6-5-7-13)12-9(14)15-10(2,3)4/h7H,5-6H2,1-4H3,(H,11,12,14). The van der Waals surface area contributed by atoms with Gasteiger partial charge in [0.15, 0.2) is 0 Å². The van der Waals surface area contributed by atoms with Gasteiger partial charge < -0.3 is 14.8 Å². The molecule has 86 valence electrons. The fourth-order valence-corrected chi connectivity index (χ4v) is 0.773. The lowest BCUT2D eigenvalue weighted by atomic mass is 10.2. The fourth-order valence-electron chi connectivity index (χ4n) is 0.773. The molecular weight excluding hydrogens is 196 g/mol. The Hall–Kier alpha value is -1.39. The Kier molecular flexibility index (Phi) is 5.59. The monoisotopic (exact) mass is 214 g/mol. The van der Waals surface area contributed by atoms with Crippen molar-refractivity contribution in [3.63, 3.8) is 0 Å². The Balaban J connectivity index is 4.00. The smallest absolute Gasteiger partial charge is 0.435 e. The number of carbonyl (C=O) groups excluding carboxylic acids is 2. The number of hydrogen-bond donors (Lipinski definition) is 1. The van der Waals surface area contributed by atoms with E-state index in [0.29, 0.717) is 18.8 Å². The number of nitrogens with one attached hydrogen (secondary N) is 1. The molecule has 0 saturated carbocycles. The van der Waals surface area contributed by atoms with Crippen molar-refractivity contribution < 1.29 is 14.3 Å². The molecule has 0 bridgehead atoms. The topological polar surface area (TPSA) is 67.8 Å². The van der Waals surface area contributed by atoms with Gasteiger partial charge in [0.25, 0.3) is 0 Å². The number of nitrogens with zero attached hydrogens (tertiary/aromatic N) is 1. The first kappa shape index (κ1) is 13.6. The second-order valence-corrected chi connectivity index (χ2v) is 4.06. The lowest BCUT2D eigenvalue weighted by Crippen LogP contribution is -2.26. The second kappa shape index (κ2) is 6.16. The quantitative estimate of drug-likeness (QED) is 0.335. The summed E-state index contributed by atoms with van der Waals surface area (Å²) in [6.45, 7) is 7.44. The first-order valence-electron chi connectivity index (χ1n) is 4.81. The molecule has 0 aromatic carbocycles. The predicted octanol–water partition coefficient (Wildman–Crippen LogP) is 1.52. The number of aldehydes is 1. The summed E-state index contributed by atoms with van der Waals surface area (Å²) in [7, 11) is 0. The van der Waals surface area contributed by atoms with E-state index in [1.807, 2.05) is 0 Å². The molecule has 0 atom stereocenters. The van der Waals surface area contributed by atoms with Crippen LogP contribution >= 0.6 is 0 Å². The highest BCUT2D eigenvalue weighted by atomic mass is 16.6. The zero-order valence-electron chi connectivity index (χ0n) is 9.66. The molecule has 5 heteroatoms. The van der Waals surface area contributed by atoms with E-state index in [-0.39, 0.29) is 0 Å². The van der Waals surface area contributed by atoms with Gasteiger partial charge in [0.1, 0.15) is 17.7 Å². The molecule has 1 N–H and O–H groups in total. The van der Waals surface area contributed by atoms with E-state index in [1.54, 1.807) is 27.7 Å². The molecule has 0 rings (SSSR count). The van der Waals surface area contributed by atoms with Crippen molar-refractivity contribution >= 4 is 18.2 Å². The number of rotatable bonds is 3. The first-order chi connectivity index (χ1) is 6.85. The Morgan fingerprint density at radius 2 is 2.07 bits per heavy atom. The van der Waals surface area contributed by atoms with E-state index in [2.05, 4.69) is 10.3 Å². The van der Waals surface area contributed by atoms with E-state index < -0.39 is 11.7 Å². The summed E-state index contributed by atoms with van der Waals surface area (Å²) in [5.41, 5.74) is -0.538. The summed E-state index contributed by atoms with van der Waals surface area (Å²) in [4.78, 5) is 24.9. The van der Waals surface area contributed by atoms with Crippen molar-refractivity contribution in [3.05, 3.63) is 0 Å². The van der Waals surface area contributed by atoms with Crippen LogP contribution in [-0.2, 0) is 9.53 Å². The van der Waals surface area contributed by atoms with E-state index >= 15 is 0 Å². The molecule has 15 heavy (non-hydrogen) atoms. The van der Waals surface area contributed by atoms with Crippen LogP contribution in [0.4, 0.5) is 4.79 Å². The molecule has 0 aromatic heterocycles. The molecule has 0 saturated heterocycles. The maximum Gasteiger partial charge on any atom is 0.435 e. The van der Waals surface area contributed by atoms with Crippen LogP contribution in [-0.4, -0.2) is 30.4 Å². The van der Waals surface area contributed by atoms with Crippen LogP contribution in [0, 0.1) is 0 Å². The Morgan fingerprint density at radius 1 is 1.47 bits per heavy atom. The average molecular weight is 214 g/mol. The maximum atomic E-state index is 11.2. The maximum absolute atomic E-state index is 11.2. The van der Waals surface area contributed by atoms with Gasteiger partial charge in [-0.2, -0.15) is 4.99 Å². The van der Waals surface area contributed by atoms with Crippen LogP contribution in [0.15, 0.2) is 4.99 Å². The van der Waals surface area contributed by atoms with E-state index in [1.165, 1.54) is 0 Å². The van der Waals surface area contributed by atoms with Crippen LogP contribution in [0.25, 0.3) is 0 Å². The number of carbonyl (C=O) groups is 2. The molecule has 0 spiro atoms. The molecule has 0 heterocycles. The number of amides is 1. The number of amidine groups is 1. The van der Waals surface area contributed by atoms with Crippen molar-refractivity contribution in [1.29, 1.82) is 0 Å². The molecule has 1 amide bonds. The molecule has 0 radical (unpaired) electrons. The van der Waals surface area contributed by atoms with Crippen LogP contribution in [0.5, 0.6) is 0 Å². The van der Waals surface area contributed by atoms with Gasteiger partial charge >= 0.3 is 6.09 Å². The minimum absolute atomic E-state index is 0.390. The summed E-state index contributed by atoms with van der Waals surface area (Å²) < 4.78 is 4.98. The molecule has 0 aromatic rings. The molecular formula is C10H18N2O3. The van der Waals surface area contributed by atoms with Gasteiger partial charge in [0, 0.05) is 13.0 Å². The highest BCUT2D eigenvalue weighted by molar-refractivity contribution is 5.90. The van der Waals surface area contributed by atoms with Gasteiger partial charge in [-0.3, -0.25) is 0 Å². The summed E-state index contributed by atoms with van der Waals surface area (Å²) in [5, 5.41) is 2.82. The molecule has 0 aliphatic rings. The minimum atomic E-state index is -0.626. The summed E-state index contributed by atoms with van der Waals surface area (Å²) in [6.07, 6.45) is 0.563. The normalized spacial score (nSPS) is 12.1. The third-order valence-corrected chi connectivity index (χ3v) is 1.30. The third kappa shape index (κ3) is 8.93. The summed E-state index contributed by atoms with van der Waals surface area (Å²) in [6, 6.07) is 0. The van der Waals surface area contributed by atoms with Crippen molar-refractivity contribution in [3.8, 4) is 0 Å². The lowest BCUT2D eigenvalue weighted by molar-refractivity contribution is -0.107. The van der Waals surface area contributed by atoms with Crippen molar-refractivity contribution in [2.75, 3.05) is 6.54 Å². The first-order valence-corrected chi connectivity index (χ1v) is 4.81. The molecule has 5 nitrogen and oxygen atoms in total. The Bertz CT molecular complexity index is 254. The lowest BCUT2D eigenvalue weighted by Gasteiger charge is -2.17. The zero-order valence-corrected chi connectivity index (χ0v) is 9.66. The largest absolute Gasteiger partial charge is 0.442 e. The molecule has 0 unspecified atom stereocenters. The average Bonchev–Trinajstić information content (AvgIpc) is 2.00. The number of hydrogen-bond acceptors (Lipinski definition) is 3. The molecule has 0 aliphatic carbocycles. The number of aliphatic imine (C=N–C) groups is 1. The fraction of sp³-hybridized carbons (Fsp3) is 0.700. The van der Waals surface area contributed by atoms with Crippen LogP contribution < -0.4 is 5.32 Å². The van der Waals surface area contributed by atoms with Crippen molar-refractivity contribution in [2.24, 2.45) is 4.99 Å². The van der Waals surface area contributed by atoms with Crippen molar-refractivity contribution in [2.45, 2.75) is 39.7 Å². The van der Waals surface area contributed by atoms with E-state index in [9.17, 15) is 9.59 Å². The van der Waals surface area contributed by atoms with Crippen LogP contribution in [0.3, 0.4) is 0 Å². The predicted molar refractivity (Wildman–Crippen MR) is 58.0 cm³/mol. The van der Waals surface area contributed by atoms with E-state index in [4.69, 9.17) is 4.74 Å². The van der Waals surface area contributed by atoms with Crippen LogP contribution in [0.1, 0.15) is 34.1 Å². The summed E-state index contributed by atoms with van der Waals surface area (Å²) in [5.74, 6) is 0.450. The SMILES string of the molecule is C/C(=N/C(=O)OC(C)(C)C)NCCC=O. The van der Waals surface area contributed by atoms with Crippen molar-refractivity contribution in [1.82, 2.24) is 5.32 Å². The van der Waals surface area contributed by atoms with E-state index in [0.717, 1.165) is 6.29 Å². The molecule has 0 fully saturated rings. The Morgan fingerprint density at radius 3 is 2.53 bits per heavy atom. The summed E-state index contributed by atoms with van der Waals surface area (Å²) >= 11 is 0. The third-order valence-electron chi connectivity index (χ3n) is 1.30. The highest BCUT2D eigenvalue weighted by Gasteiger charge is 2.15. The second-order valence-electron chi connectivity index (χ2n) is 4.06. The van der Waals surface area contributed by atoms with Gasteiger partial charge in [-0.05, 0) is 27.7 Å². The van der Waals surface area contributed by atoms with Gasteiger partial charge in [0.2, 0.25) is 0 Å². The van der Waals surface area contributed by atoms with Gasteiger partial charge in [-0.15, -0.1) is 0 Å². The van der Waals surface area contributed by atoms with Gasteiger partial charge in [-0.25, -0.2) is 4.79 Å².